The first-order chi connectivity index (χ1) is 13.2. The maximum absolute atomic E-state index is 12.3. The van der Waals surface area contributed by atoms with Crippen LogP contribution < -0.4 is 4.90 Å². The number of hydrogen-bond donors (Lipinski definition) is 1. The average Bonchev–Trinajstić information content (AvgIpc) is 2.72. The summed E-state index contributed by atoms with van der Waals surface area (Å²) in [4.78, 5) is 16.3. The molecule has 5 heteroatoms. The summed E-state index contributed by atoms with van der Waals surface area (Å²) in [5, 5.41) is 10.6. The second-order valence-corrected chi connectivity index (χ2v) is 7.49. The fourth-order valence-electron chi connectivity index (χ4n) is 4.04. The van der Waals surface area contributed by atoms with E-state index in [-0.39, 0.29) is 18.1 Å². The number of piperidine rings is 1. The smallest absolute Gasteiger partial charge is 0.253 e. The molecule has 4 rings (SSSR count). The van der Waals surface area contributed by atoms with Crippen LogP contribution in [0.4, 0.5) is 5.69 Å². The van der Waals surface area contributed by atoms with E-state index in [1.54, 1.807) is 0 Å². The third-order valence-electron chi connectivity index (χ3n) is 5.71. The number of carbonyl (C=O) groups is 1. The Morgan fingerprint density at radius 1 is 1.00 bits per heavy atom. The molecule has 0 aliphatic carbocycles. The molecule has 5 nitrogen and oxygen atoms in total. The van der Waals surface area contributed by atoms with E-state index in [0.29, 0.717) is 13.0 Å². The van der Waals surface area contributed by atoms with Gasteiger partial charge in [-0.05, 0) is 30.5 Å². The molecule has 1 N–H and O–H groups in total. The van der Waals surface area contributed by atoms with Gasteiger partial charge in [0.15, 0.2) is 0 Å². The molecule has 0 saturated carbocycles. The average molecular weight is 366 g/mol. The minimum absolute atomic E-state index is 0.0124. The SMILES string of the molecule is O=C1COC2(CCN(C(O)Cc3ccccc3)CC2)CN1c1ccccc1. The van der Waals surface area contributed by atoms with Crippen molar-refractivity contribution in [3.63, 3.8) is 0 Å². The minimum atomic E-state index is -0.486. The number of rotatable bonds is 4. The van der Waals surface area contributed by atoms with Crippen molar-refractivity contribution >= 4 is 11.6 Å². The van der Waals surface area contributed by atoms with Crippen molar-refractivity contribution in [3.8, 4) is 0 Å². The number of hydrogen-bond acceptors (Lipinski definition) is 4. The Hall–Kier alpha value is -2.21. The van der Waals surface area contributed by atoms with Crippen molar-refractivity contribution in [2.45, 2.75) is 31.1 Å². The minimum Gasteiger partial charge on any atom is -0.378 e. The van der Waals surface area contributed by atoms with Crippen LogP contribution >= 0.6 is 0 Å². The number of amides is 1. The lowest BCUT2D eigenvalue weighted by molar-refractivity contribution is -0.149. The van der Waals surface area contributed by atoms with Gasteiger partial charge < -0.3 is 14.7 Å². The molecule has 0 radical (unpaired) electrons. The Kier molecular flexibility index (Phi) is 5.25. The van der Waals surface area contributed by atoms with E-state index in [4.69, 9.17) is 4.74 Å². The highest BCUT2D eigenvalue weighted by Crippen LogP contribution is 2.33. The van der Waals surface area contributed by atoms with E-state index >= 15 is 0 Å². The van der Waals surface area contributed by atoms with E-state index < -0.39 is 6.23 Å². The predicted molar refractivity (Wildman–Crippen MR) is 104 cm³/mol. The lowest BCUT2D eigenvalue weighted by atomic mass is 9.88. The molecule has 2 aromatic carbocycles. The number of likely N-dealkylation sites (tertiary alicyclic amines) is 1. The van der Waals surface area contributed by atoms with Gasteiger partial charge in [-0.1, -0.05) is 48.5 Å². The van der Waals surface area contributed by atoms with Gasteiger partial charge in [-0.2, -0.15) is 0 Å². The molecule has 2 heterocycles. The van der Waals surface area contributed by atoms with Crippen molar-refractivity contribution in [1.29, 1.82) is 0 Å². The first-order valence-electron chi connectivity index (χ1n) is 9.61. The Morgan fingerprint density at radius 2 is 1.63 bits per heavy atom. The summed E-state index contributed by atoms with van der Waals surface area (Å²) in [6.07, 6.45) is 1.77. The quantitative estimate of drug-likeness (QED) is 0.903. The zero-order valence-corrected chi connectivity index (χ0v) is 15.5. The standard InChI is InChI=1S/C22H26N2O3/c25-20(15-18-7-3-1-4-8-18)23-13-11-22(12-14-23)17-24(21(26)16-27-22)19-9-5-2-6-10-19/h1-10,20,25H,11-17H2. The van der Waals surface area contributed by atoms with Crippen LogP contribution in [0.25, 0.3) is 0 Å². The van der Waals surface area contributed by atoms with E-state index in [2.05, 4.69) is 4.90 Å². The molecule has 2 fully saturated rings. The van der Waals surface area contributed by atoms with Crippen molar-refractivity contribution in [2.75, 3.05) is 31.1 Å². The zero-order valence-electron chi connectivity index (χ0n) is 15.5. The molecule has 2 aliphatic heterocycles. The van der Waals surface area contributed by atoms with Crippen LogP contribution in [0.3, 0.4) is 0 Å². The second kappa shape index (κ2) is 7.80. The van der Waals surface area contributed by atoms with Crippen molar-refractivity contribution in [1.82, 2.24) is 4.90 Å². The molecule has 1 spiro atoms. The van der Waals surface area contributed by atoms with Gasteiger partial charge in [0, 0.05) is 25.2 Å². The first-order valence-corrected chi connectivity index (χ1v) is 9.61. The maximum atomic E-state index is 12.3. The Balaban J connectivity index is 1.38. The number of para-hydroxylation sites is 1. The summed E-state index contributed by atoms with van der Waals surface area (Å²) >= 11 is 0. The molecule has 0 aromatic heterocycles. The lowest BCUT2D eigenvalue weighted by Gasteiger charge is -2.47. The molecule has 1 atom stereocenters. The van der Waals surface area contributed by atoms with Gasteiger partial charge >= 0.3 is 0 Å². The molecular formula is C22H26N2O3. The zero-order chi connectivity index (χ0) is 18.7. The van der Waals surface area contributed by atoms with Crippen molar-refractivity contribution in [3.05, 3.63) is 66.2 Å². The highest BCUT2D eigenvalue weighted by Gasteiger charge is 2.43. The van der Waals surface area contributed by atoms with Gasteiger partial charge in [0.05, 0.1) is 12.1 Å². The number of aliphatic hydroxyl groups excluding tert-OH is 1. The molecule has 2 aromatic rings. The first kappa shape index (κ1) is 18.2. The number of morpholine rings is 1. The number of aliphatic hydroxyl groups is 1. The van der Waals surface area contributed by atoms with Gasteiger partial charge in [0.2, 0.25) is 0 Å². The van der Waals surface area contributed by atoms with Crippen LogP contribution in [0.1, 0.15) is 18.4 Å². The monoisotopic (exact) mass is 366 g/mol. The summed E-state index contributed by atoms with van der Waals surface area (Å²) in [6, 6.07) is 19.9. The van der Waals surface area contributed by atoms with Gasteiger partial charge in [-0.15, -0.1) is 0 Å². The highest BCUT2D eigenvalue weighted by atomic mass is 16.5. The van der Waals surface area contributed by atoms with Gasteiger partial charge in [0.1, 0.15) is 12.8 Å². The van der Waals surface area contributed by atoms with Crippen molar-refractivity contribution < 1.29 is 14.6 Å². The number of anilines is 1. The van der Waals surface area contributed by atoms with Gasteiger partial charge in [0.25, 0.3) is 5.91 Å². The lowest BCUT2D eigenvalue weighted by Crippen LogP contribution is -2.60. The summed E-state index contributed by atoms with van der Waals surface area (Å²) < 4.78 is 6.02. The third-order valence-corrected chi connectivity index (χ3v) is 5.71. The Labute approximate surface area is 160 Å². The van der Waals surface area contributed by atoms with Crippen LogP contribution in [-0.2, 0) is 16.0 Å². The van der Waals surface area contributed by atoms with Crippen LogP contribution in [-0.4, -0.2) is 54.0 Å². The van der Waals surface area contributed by atoms with Crippen LogP contribution in [0.2, 0.25) is 0 Å². The second-order valence-electron chi connectivity index (χ2n) is 7.49. The number of ether oxygens (including phenoxy) is 1. The molecular weight excluding hydrogens is 340 g/mol. The van der Waals surface area contributed by atoms with Crippen LogP contribution in [0.5, 0.6) is 0 Å². The summed E-state index contributed by atoms with van der Waals surface area (Å²) in [5.41, 5.74) is 1.75. The topological polar surface area (TPSA) is 53.0 Å². The van der Waals surface area contributed by atoms with Crippen LogP contribution in [0.15, 0.2) is 60.7 Å². The molecule has 142 valence electrons. The fraction of sp³-hybridized carbons (Fsp3) is 0.409. The molecule has 0 bridgehead atoms. The van der Waals surface area contributed by atoms with E-state index in [1.165, 1.54) is 0 Å². The largest absolute Gasteiger partial charge is 0.378 e. The summed E-state index contributed by atoms with van der Waals surface area (Å²) in [5.74, 6) is 0.0124. The molecule has 2 aliphatic rings. The molecule has 1 unspecified atom stereocenters. The molecule has 1 amide bonds. The maximum Gasteiger partial charge on any atom is 0.253 e. The summed E-state index contributed by atoms with van der Waals surface area (Å²) in [7, 11) is 0. The predicted octanol–water partition coefficient (Wildman–Crippen LogP) is 2.45. The summed E-state index contributed by atoms with van der Waals surface area (Å²) in [6.45, 7) is 2.25. The van der Waals surface area contributed by atoms with Gasteiger partial charge in [-0.25, -0.2) is 0 Å². The number of benzene rings is 2. The van der Waals surface area contributed by atoms with E-state index in [1.807, 2.05) is 65.6 Å². The van der Waals surface area contributed by atoms with Crippen molar-refractivity contribution in [2.24, 2.45) is 0 Å². The normalized spacial score (nSPS) is 21.4. The van der Waals surface area contributed by atoms with E-state index in [9.17, 15) is 9.90 Å². The molecule has 2 saturated heterocycles. The van der Waals surface area contributed by atoms with Crippen LogP contribution in [0, 0.1) is 0 Å². The van der Waals surface area contributed by atoms with Gasteiger partial charge in [-0.3, -0.25) is 9.69 Å². The van der Waals surface area contributed by atoms with E-state index in [0.717, 1.165) is 37.2 Å². The number of carbonyl (C=O) groups excluding carboxylic acids is 1. The Morgan fingerprint density at radius 3 is 2.30 bits per heavy atom. The fourth-order valence-corrected chi connectivity index (χ4v) is 4.04. The molecule has 27 heavy (non-hydrogen) atoms. The highest BCUT2D eigenvalue weighted by molar-refractivity contribution is 5.95. The third kappa shape index (κ3) is 4.05. The Bertz CT molecular complexity index is 758. The number of nitrogens with zero attached hydrogens (tertiary/aromatic N) is 2.